The van der Waals surface area contributed by atoms with E-state index in [1.165, 1.54) is 0 Å². The Labute approximate surface area is 127 Å². The van der Waals surface area contributed by atoms with E-state index < -0.39 is 0 Å². The van der Waals surface area contributed by atoms with E-state index in [1.807, 2.05) is 24.4 Å². The van der Waals surface area contributed by atoms with Gasteiger partial charge in [0.1, 0.15) is 6.61 Å². The summed E-state index contributed by atoms with van der Waals surface area (Å²) < 4.78 is 0. The van der Waals surface area contributed by atoms with Gasteiger partial charge in [0.2, 0.25) is 0 Å². The van der Waals surface area contributed by atoms with Gasteiger partial charge in [-0.1, -0.05) is 17.9 Å². The molecule has 0 saturated heterocycles. The van der Waals surface area contributed by atoms with E-state index in [4.69, 9.17) is 5.11 Å². The molecule has 21 heavy (non-hydrogen) atoms. The lowest BCUT2D eigenvalue weighted by Gasteiger charge is -2.07. The Morgan fingerprint density at radius 3 is 3.05 bits per heavy atom. The zero-order valence-corrected chi connectivity index (χ0v) is 12.5. The van der Waals surface area contributed by atoms with Gasteiger partial charge in [-0.15, -0.1) is 11.3 Å². The Bertz CT molecular complexity index is 669. The van der Waals surface area contributed by atoms with Gasteiger partial charge in [0, 0.05) is 23.9 Å². The van der Waals surface area contributed by atoms with Crippen LogP contribution in [0.25, 0.3) is 0 Å². The quantitative estimate of drug-likeness (QED) is 0.846. The van der Waals surface area contributed by atoms with E-state index in [0.717, 1.165) is 11.3 Å². The molecule has 0 saturated carbocycles. The van der Waals surface area contributed by atoms with Crippen LogP contribution in [0.5, 0.6) is 0 Å². The van der Waals surface area contributed by atoms with E-state index in [2.05, 4.69) is 22.1 Å². The summed E-state index contributed by atoms with van der Waals surface area (Å²) in [7, 11) is 0. The number of aromatic nitrogens is 1. The fourth-order valence-corrected chi connectivity index (χ4v) is 2.45. The first-order chi connectivity index (χ1) is 10.2. The predicted octanol–water partition coefficient (Wildman–Crippen LogP) is 1.77. The standard InChI is InChI=1S/C16H16N2O2S/c1-12-4-5-15(13(9-12)3-2-8-19)16(20)17-7-6-14-10-21-11-18-14/h4-5,9-11,19H,6-8H2,1H3,(H,17,20). The maximum Gasteiger partial charge on any atom is 0.252 e. The smallest absolute Gasteiger partial charge is 0.252 e. The third-order valence-corrected chi connectivity index (χ3v) is 3.51. The number of hydrogen-bond acceptors (Lipinski definition) is 4. The molecule has 0 aliphatic heterocycles. The minimum absolute atomic E-state index is 0.160. The number of carbonyl (C=O) groups is 1. The van der Waals surface area contributed by atoms with Crippen LogP contribution in [0, 0.1) is 18.8 Å². The van der Waals surface area contributed by atoms with E-state index in [0.29, 0.717) is 24.1 Å². The van der Waals surface area contributed by atoms with Gasteiger partial charge in [0.15, 0.2) is 0 Å². The van der Waals surface area contributed by atoms with Gasteiger partial charge in [0.05, 0.1) is 16.8 Å². The Balaban J connectivity index is 2.04. The Morgan fingerprint density at radius 2 is 2.33 bits per heavy atom. The van der Waals surface area contributed by atoms with E-state index in [-0.39, 0.29) is 12.5 Å². The topological polar surface area (TPSA) is 62.2 Å². The Hall–Kier alpha value is -2.16. The summed E-state index contributed by atoms with van der Waals surface area (Å²) in [5.41, 5.74) is 4.94. The number of thiazole rings is 1. The largest absolute Gasteiger partial charge is 0.384 e. The number of nitrogens with one attached hydrogen (secondary N) is 1. The number of benzene rings is 1. The molecule has 0 unspecified atom stereocenters. The first-order valence-electron chi connectivity index (χ1n) is 6.56. The SMILES string of the molecule is Cc1ccc(C(=O)NCCc2cscn2)c(C#CCO)c1. The fourth-order valence-electron chi connectivity index (χ4n) is 1.85. The van der Waals surface area contributed by atoms with Gasteiger partial charge in [-0.25, -0.2) is 4.98 Å². The molecular formula is C16H16N2O2S. The molecule has 2 aromatic rings. The molecule has 0 aliphatic rings. The molecule has 0 spiro atoms. The molecule has 0 aliphatic carbocycles. The zero-order chi connectivity index (χ0) is 15.1. The summed E-state index contributed by atoms with van der Waals surface area (Å²) >= 11 is 1.54. The molecule has 0 fully saturated rings. The van der Waals surface area contributed by atoms with Crippen LogP contribution in [-0.2, 0) is 6.42 Å². The maximum atomic E-state index is 12.2. The molecule has 2 rings (SSSR count). The molecule has 1 aromatic carbocycles. The van der Waals surface area contributed by atoms with Crippen molar-refractivity contribution in [1.82, 2.24) is 10.3 Å². The molecule has 0 bridgehead atoms. The van der Waals surface area contributed by atoms with Crippen LogP contribution in [0.15, 0.2) is 29.1 Å². The molecule has 0 atom stereocenters. The van der Waals surface area contributed by atoms with Crippen molar-refractivity contribution >= 4 is 17.2 Å². The average molecular weight is 300 g/mol. The molecule has 108 valence electrons. The van der Waals surface area contributed by atoms with Crippen LogP contribution in [0.4, 0.5) is 0 Å². The van der Waals surface area contributed by atoms with Crippen molar-refractivity contribution in [1.29, 1.82) is 0 Å². The van der Waals surface area contributed by atoms with Crippen LogP contribution in [0.1, 0.15) is 27.2 Å². The maximum absolute atomic E-state index is 12.2. The van der Waals surface area contributed by atoms with Gasteiger partial charge in [-0.05, 0) is 24.6 Å². The van der Waals surface area contributed by atoms with E-state index in [9.17, 15) is 4.79 Å². The zero-order valence-electron chi connectivity index (χ0n) is 11.7. The lowest BCUT2D eigenvalue weighted by Crippen LogP contribution is -2.26. The second kappa shape index (κ2) is 7.58. The van der Waals surface area contributed by atoms with Crippen molar-refractivity contribution in [3.05, 3.63) is 51.5 Å². The number of aryl methyl sites for hydroxylation is 1. The van der Waals surface area contributed by atoms with Crippen LogP contribution in [-0.4, -0.2) is 29.1 Å². The van der Waals surface area contributed by atoms with Gasteiger partial charge < -0.3 is 10.4 Å². The fraction of sp³-hybridized carbons (Fsp3) is 0.250. The van der Waals surface area contributed by atoms with Gasteiger partial charge in [-0.3, -0.25) is 4.79 Å². The van der Waals surface area contributed by atoms with Crippen LogP contribution in [0.3, 0.4) is 0 Å². The number of aliphatic hydroxyl groups excluding tert-OH is 1. The molecule has 2 N–H and O–H groups in total. The number of amides is 1. The number of carbonyl (C=O) groups excluding carboxylic acids is 1. The van der Waals surface area contributed by atoms with Crippen molar-refractivity contribution in [2.24, 2.45) is 0 Å². The average Bonchev–Trinajstić information content (AvgIpc) is 2.98. The van der Waals surface area contributed by atoms with Gasteiger partial charge in [0.25, 0.3) is 5.91 Å². The second-order valence-corrected chi connectivity index (χ2v) is 5.21. The molecular weight excluding hydrogens is 284 g/mol. The number of rotatable bonds is 4. The predicted molar refractivity (Wildman–Crippen MR) is 83.3 cm³/mol. The highest BCUT2D eigenvalue weighted by Gasteiger charge is 2.10. The van der Waals surface area contributed by atoms with Crippen LogP contribution in [0.2, 0.25) is 0 Å². The van der Waals surface area contributed by atoms with Crippen molar-refractivity contribution in [3.8, 4) is 11.8 Å². The van der Waals surface area contributed by atoms with Gasteiger partial charge in [-0.2, -0.15) is 0 Å². The summed E-state index contributed by atoms with van der Waals surface area (Å²) in [6, 6.07) is 5.48. The second-order valence-electron chi connectivity index (χ2n) is 4.49. The summed E-state index contributed by atoms with van der Waals surface area (Å²) in [4.78, 5) is 16.4. The Morgan fingerprint density at radius 1 is 1.48 bits per heavy atom. The van der Waals surface area contributed by atoms with Crippen LogP contribution >= 0.6 is 11.3 Å². The highest BCUT2D eigenvalue weighted by Crippen LogP contribution is 2.11. The summed E-state index contributed by atoms with van der Waals surface area (Å²) in [6.07, 6.45) is 0.707. The third kappa shape index (κ3) is 4.42. The van der Waals surface area contributed by atoms with Crippen LogP contribution < -0.4 is 5.32 Å². The first-order valence-corrected chi connectivity index (χ1v) is 7.50. The highest BCUT2D eigenvalue weighted by molar-refractivity contribution is 7.07. The molecule has 5 heteroatoms. The lowest BCUT2D eigenvalue weighted by molar-refractivity contribution is 0.0954. The number of hydrogen-bond donors (Lipinski definition) is 2. The molecule has 4 nitrogen and oxygen atoms in total. The number of aliphatic hydroxyl groups is 1. The van der Waals surface area contributed by atoms with Crippen molar-refractivity contribution in [3.63, 3.8) is 0 Å². The molecule has 1 amide bonds. The van der Waals surface area contributed by atoms with Gasteiger partial charge >= 0.3 is 0 Å². The third-order valence-electron chi connectivity index (χ3n) is 2.87. The van der Waals surface area contributed by atoms with Crippen molar-refractivity contribution < 1.29 is 9.90 Å². The minimum atomic E-state index is -0.223. The summed E-state index contributed by atoms with van der Waals surface area (Å²) in [5.74, 6) is 5.24. The minimum Gasteiger partial charge on any atom is -0.384 e. The highest BCUT2D eigenvalue weighted by atomic mass is 32.1. The number of nitrogens with zero attached hydrogens (tertiary/aromatic N) is 1. The monoisotopic (exact) mass is 300 g/mol. The van der Waals surface area contributed by atoms with E-state index >= 15 is 0 Å². The normalized spacial score (nSPS) is 9.81. The lowest BCUT2D eigenvalue weighted by atomic mass is 10.0. The molecule has 0 radical (unpaired) electrons. The Kier molecular flexibility index (Phi) is 5.50. The van der Waals surface area contributed by atoms with Crippen molar-refractivity contribution in [2.75, 3.05) is 13.2 Å². The summed E-state index contributed by atoms with van der Waals surface area (Å²) in [5, 5.41) is 13.6. The first kappa shape index (κ1) is 15.2. The van der Waals surface area contributed by atoms with Crippen molar-refractivity contribution in [2.45, 2.75) is 13.3 Å². The molecule has 1 heterocycles. The molecule has 1 aromatic heterocycles. The van der Waals surface area contributed by atoms with E-state index in [1.54, 1.807) is 22.9 Å². The summed E-state index contributed by atoms with van der Waals surface area (Å²) in [6.45, 7) is 2.25.